The van der Waals surface area contributed by atoms with Crippen LogP contribution < -0.4 is 0 Å². The smallest absolute Gasteiger partial charge is 0.320 e. The summed E-state index contributed by atoms with van der Waals surface area (Å²) in [6, 6.07) is 0. The van der Waals surface area contributed by atoms with Crippen LogP contribution >= 0.6 is 0 Å². The maximum absolute atomic E-state index is 11.8. The molecule has 0 aliphatic carbocycles. The monoisotopic (exact) mass is 242 g/mol. The minimum Gasteiger partial charge on any atom is -0.393 e. The molecule has 1 aliphatic rings. The normalized spacial score (nSPS) is 26.8. The molecule has 0 aromatic heterocycles. The van der Waals surface area contributed by atoms with E-state index in [9.17, 15) is 9.59 Å². The summed E-state index contributed by atoms with van der Waals surface area (Å²) in [5.74, 6) is -1.15. The third-order valence-electron chi connectivity index (χ3n) is 3.26. The van der Waals surface area contributed by atoms with Crippen molar-refractivity contribution < 1.29 is 19.1 Å². The number of ether oxygens (including phenoxy) is 2. The third kappa shape index (κ3) is 3.06. The second-order valence-electron chi connectivity index (χ2n) is 5.44. The van der Waals surface area contributed by atoms with Gasteiger partial charge in [0.2, 0.25) is 0 Å². The van der Waals surface area contributed by atoms with Gasteiger partial charge in [0.1, 0.15) is 0 Å². The van der Waals surface area contributed by atoms with Crippen molar-refractivity contribution in [2.24, 2.45) is 23.7 Å². The number of carbonyl (C=O) groups is 2. The first-order valence-electron chi connectivity index (χ1n) is 6.16. The van der Waals surface area contributed by atoms with Gasteiger partial charge in [0.05, 0.1) is 17.9 Å². The van der Waals surface area contributed by atoms with Gasteiger partial charge in [-0.3, -0.25) is 9.59 Å². The van der Waals surface area contributed by atoms with E-state index >= 15 is 0 Å². The van der Waals surface area contributed by atoms with E-state index in [1.807, 2.05) is 13.8 Å². The van der Waals surface area contributed by atoms with E-state index in [0.717, 1.165) is 6.42 Å². The first-order chi connectivity index (χ1) is 7.88. The molecule has 0 bridgehead atoms. The molecular formula is C13H22O4. The lowest BCUT2D eigenvalue weighted by Gasteiger charge is -2.26. The molecule has 1 aliphatic heterocycles. The van der Waals surface area contributed by atoms with E-state index in [2.05, 4.69) is 13.8 Å². The van der Waals surface area contributed by atoms with Crippen molar-refractivity contribution >= 4 is 11.9 Å². The molecule has 1 saturated heterocycles. The van der Waals surface area contributed by atoms with Gasteiger partial charge in [0.25, 0.3) is 0 Å². The topological polar surface area (TPSA) is 52.6 Å². The number of cyclic esters (lactones) is 2. The van der Waals surface area contributed by atoms with E-state index in [-0.39, 0.29) is 17.9 Å². The fourth-order valence-electron chi connectivity index (χ4n) is 2.45. The minimum absolute atomic E-state index is 0.0868. The summed E-state index contributed by atoms with van der Waals surface area (Å²) in [4.78, 5) is 23.4. The number of esters is 2. The predicted octanol–water partition coefficient (Wildman–Crippen LogP) is 2.02. The molecule has 1 fully saturated rings. The Labute approximate surface area is 103 Å². The van der Waals surface area contributed by atoms with E-state index in [1.54, 1.807) is 7.11 Å². The van der Waals surface area contributed by atoms with Gasteiger partial charge in [0.15, 0.2) is 0 Å². The fourth-order valence-corrected chi connectivity index (χ4v) is 2.45. The van der Waals surface area contributed by atoms with E-state index in [4.69, 9.17) is 9.47 Å². The zero-order valence-electron chi connectivity index (χ0n) is 11.2. The molecule has 4 nitrogen and oxygen atoms in total. The number of rotatable bonds is 5. The fraction of sp³-hybridized carbons (Fsp3) is 0.846. The Morgan fingerprint density at radius 1 is 1.12 bits per heavy atom. The predicted molar refractivity (Wildman–Crippen MR) is 63.2 cm³/mol. The molecule has 0 aromatic rings. The summed E-state index contributed by atoms with van der Waals surface area (Å²) in [6.07, 6.45) is 0.522. The molecule has 0 N–H and O–H groups in total. The van der Waals surface area contributed by atoms with Crippen LogP contribution in [0.4, 0.5) is 0 Å². The lowest BCUT2D eigenvalue weighted by molar-refractivity contribution is -0.154. The number of carbonyl (C=O) groups excluding carboxylic acids is 2. The maximum Gasteiger partial charge on any atom is 0.320 e. The van der Waals surface area contributed by atoms with Crippen LogP contribution in [-0.4, -0.2) is 25.2 Å². The van der Waals surface area contributed by atoms with Crippen LogP contribution in [0.3, 0.4) is 0 Å². The van der Waals surface area contributed by atoms with Crippen molar-refractivity contribution in [1.82, 2.24) is 0 Å². The van der Waals surface area contributed by atoms with Gasteiger partial charge in [-0.1, -0.05) is 27.7 Å². The number of hydrogen-bond acceptors (Lipinski definition) is 4. The minimum atomic E-state index is -0.449. The Morgan fingerprint density at radius 3 is 2.06 bits per heavy atom. The van der Waals surface area contributed by atoms with E-state index in [0.29, 0.717) is 5.92 Å². The highest BCUT2D eigenvalue weighted by Gasteiger charge is 2.49. The first kappa shape index (κ1) is 14.2. The molecule has 3 unspecified atom stereocenters. The molecule has 1 heterocycles. The molecule has 98 valence electrons. The molecule has 4 heteroatoms. The SMILES string of the molecule is COC(CC(C)C)C1C(=O)OC(=O)C1C(C)C. The zero-order chi connectivity index (χ0) is 13.2. The van der Waals surface area contributed by atoms with Gasteiger partial charge in [-0.05, 0) is 18.3 Å². The third-order valence-corrected chi connectivity index (χ3v) is 3.26. The van der Waals surface area contributed by atoms with Crippen LogP contribution in [-0.2, 0) is 19.1 Å². The molecule has 17 heavy (non-hydrogen) atoms. The van der Waals surface area contributed by atoms with Gasteiger partial charge in [0, 0.05) is 7.11 Å². The van der Waals surface area contributed by atoms with Crippen LogP contribution in [0.5, 0.6) is 0 Å². The van der Waals surface area contributed by atoms with Gasteiger partial charge < -0.3 is 9.47 Å². The quantitative estimate of drug-likeness (QED) is 0.546. The van der Waals surface area contributed by atoms with Crippen molar-refractivity contribution in [1.29, 1.82) is 0 Å². The summed E-state index contributed by atoms with van der Waals surface area (Å²) >= 11 is 0. The Kier molecular flexibility index (Phi) is 4.69. The van der Waals surface area contributed by atoms with Crippen molar-refractivity contribution in [3.05, 3.63) is 0 Å². The summed E-state index contributed by atoms with van der Waals surface area (Å²) in [6.45, 7) is 8.00. The Balaban J connectivity index is 2.90. The molecule has 0 amide bonds. The molecule has 1 rings (SSSR count). The van der Waals surface area contributed by atoms with Crippen LogP contribution in [0, 0.1) is 23.7 Å². The second-order valence-corrected chi connectivity index (χ2v) is 5.44. The zero-order valence-corrected chi connectivity index (χ0v) is 11.2. The average molecular weight is 242 g/mol. The van der Waals surface area contributed by atoms with Crippen LogP contribution in [0.25, 0.3) is 0 Å². The van der Waals surface area contributed by atoms with Crippen LogP contribution in [0.1, 0.15) is 34.1 Å². The highest BCUT2D eigenvalue weighted by molar-refractivity contribution is 5.96. The molecule has 0 saturated carbocycles. The number of hydrogen-bond donors (Lipinski definition) is 0. The average Bonchev–Trinajstić information content (AvgIpc) is 2.49. The van der Waals surface area contributed by atoms with Gasteiger partial charge in [-0.25, -0.2) is 0 Å². The summed E-state index contributed by atoms with van der Waals surface area (Å²) < 4.78 is 10.1. The lowest BCUT2D eigenvalue weighted by atomic mass is 9.80. The molecule has 3 atom stereocenters. The van der Waals surface area contributed by atoms with Crippen molar-refractivity contribution in [3.63, 3.8) is 0 Å². The van der Waals surface area contributed by atoms with Gasteiger partial charge in [-0.15, -0.1) is 0 Å². The molecule has 0 spiro atoms. The highest BCUT2D eigenvalue weighted by atomic mass is 16.6. The molecular weight excluding hydrogens is 220 g/mol. The Morgan fingerprint density at radius 2 is 1.65 bits per heavy atom. The summed E-state index contributed by atoms with van der Waals surface area (Å²) in [5, 5.41) is 0. The molecule has 0 aromatic carbocycles. The molecule has 0 radical (unpaired) electrons. The summed E-state index contributed by atoms with van der Waals surface area (Å²) in [7, 11) is 1.58. The second kappa shape index (κ2) is 5.63. The standard InChI is InChI=1S/C13H22O4/c1-7(2)6-9(16-5)11-10(8(3)4)12(14)17-13(11)15/h7-11H,6H2,1-5H3. The highest BCUT2D eigenvalue weighted by Crippen LogP contribution is 2.35. The Bertz CT molecular complexity index is 296. The van der Waals surface area contributed by atoms with Crippen molar-refractivity contribution in [2.75, 3.05) is 7.11 Å². The van der Waals surface area contributed by atoms with Crippen molar-refractivity contribution in [2.45, 2.75) is 40.2 Å². The largest absolute Gasteiger partial charge is 0.393 e. The van der Waals surface area contributed by atoms with E-state index in [1.165, 1.54) is 0 Å². The van der Waals surface area contributed by atoms with E-state index < -0.39 is 17.9 Å². The Hall–Kier alpha value is -0.900. The van der Waals surface area contributed by atoms with Crippen LogP contribution in [0.15, 0.2) is 0 Å². The van der Waals surface area contributed by atoms with Gasteiger partial charge in [-0.2, -0.15) is 0 Å². The van der Waals surface area contributed by atoms with Gasteiger partial charge >= 0.3 is 11.9 Å². The maximum atomic E-state index is 11.8. The first-order valence-corrected chi connectivity index (χ1v) is 6.16. The van der Waals surface area contributed by atoms with Crippen LogP contribution in [0.2, 0.25) is 0 Å². The summed E-state index contributed by atoms with van der Waals surface area (Å²) in [5.41, 5.74) is 0. The lowest BCUT2D eigenvalue weighted by Crippen LogP contribution is -2.35. The van der Waals surface area contributed by atoms with Crippen molar-refractivity contribution in [3.8, 4) is 0 Å². The number of methoxy groups -OCH3 is 1.